The number of hydrogen-bond acceptors (Lipinski definition) is 9. The van der Waals surface area contributed by atoms with Crippen molar-refractivity contribution in [2.24, 2.45) is 5.73 Å². The molecule has 162 valence electrons. The van der Waals surface area contributed by atoms with E-state index in [4.69, 9.17) is 5.73 Å². The van der Waals surface area contributed by atoms with Crippen LogP contribution in [0.4, 0.5) is 0 Å². The Labute approximate surface area is 172 Å². The molecule has 0 heterocycles. The Morgan fingerprint density at radius 1 is 1.07 bits per heavy atom. The standard InChI is InChI=1S/C15H28N4O7S2/c1-7(21)11(14(24)17-9(15(25)26)3-4-28-2)19-13(23)10(5-20)18-12(22)8(16)6-27/h7-11,20-21,27H,3-6,16H2,1-2H3,(H,17,24)(H,18,22)(H,19,23)(H,25,26). The molecule has 0 aromatic rings. The van der Waals surface area contributed by atoms with Gasteiger partial charge in [0.2, 0.25) is 17.7 Å². The number of carbonyl (C=O) groups excluding carboxylic acids is 3. The zero-order valence-corrected chi connectivity index (χ0v) is 17.3. The number of nitrogens with two attached hydrogens (primary N) is 1. The van der Waals surface area contributed by atoms with E-state index in [1.54, 1.807) is 6.26 Å². The number of carboxylic acid groups (broad SMARTS) is 1. The molecular formula is C15H28N4O7S2. The lowest BCUT2D eigenvalue weighted by Gasteiger charge is -2.25. The van der Waals surface area contributed by atoms with Crippen LogP contribution < -0.4 is 21.7 Å². The molecule has 5 unspecified atom stereocenters. The van der Waals surface area contributed by atoms with Gasteiger partial charge in [0.1, 0.15) is 18.1 Å². The van der Waals surface area contributed by atoms with Crippen molar-refractivity contribution in [2.45, 2.75) is 43.6 Å². The van der Waals surface area contributed by atoms with Gasteiger partial charge in [-0.05, 0) is 25.4 Å². The van der Waals surface area contributed by atoms with Crippen molar-refractivity contribution in [2.75, 3.05) is 24.4 Å². The van der Waals surface area contributed by atoms with Crippen LogP contribution in [0.5, 0.6) is 0 Å². The second-order valence-corrected chi connectivity index (χ2v) is 7.29. The molecule has 0 spiro atoms. The van der Waals surface area contributed by atoms with Gasteiger partial charge in [-0.25, -0.2) is 4.79 Å². The Hall–Kier alpha value is -1.54. The minimum absolute atomic E-state index is 0.0108. The second-order valence-electron chi connectivity index (χ2n) is 5.94. The van der Waals surface area contributed by atoms with Crippen molar-refractivity contribution in [3.8, 4) is 0 Å². The molecule has 0 fully saturated rings. The summed E-state index contributed by atoms with van der Waals surface area (Å²) in [5, 5.41) is 35.0. The average Bonchev–Trinajstić information content (AvgIpc) is 2.65. The molecule has 8 N–H and O–H groups in total. The summed E-state index contributed by atoms with van der Waals surface area (Å²) in [6.07, 6.45) is 0.566. The number of nitrogens with one attached hydrogen (secondary N) is 3. The summed E-state index contributed by atoms with van der Waals surface area (Å²) in [4.78, 5) is 47.6. The number of aliphatic hydroxyl groups is 2. The molecule has 0 aromatic carbocycles. The minimum atomic E-state index is -1.49. The van der Waals surface area contributed by atoms with Gasteiger partial charge in [0, 0.05) is 5.75 Å². The van der Waals surface area contributed by atoms with Crippen molar-refractivity contribution in [1.29, 1.82) is 0 Å². The molecule has 3 amide bonds. The molecule has 0 aliphatic rings. The number of aliphatic carboxylic acids is 1. The summed E-state index contributed by atoms with van der Waals surface area (Å²) in [6, 6.07) is -5.11. The van der Waals surface area contributed by atoms with Gasteiger partial charge in [-0.2, -0.15) is 24.4 Å². The van der Waals surface area contributed by atoms with E-state index in [0.29, 0.717) is 5.75 Å². The maximum atomic E-state index is 12.3. The maximum Gasteiger partial charge on any atom is 0.326 e. The Morgan fingerprint density at radius 2 is 1.64 bits per heavy atom. The van der Waals surface area contributed by atoms with E-state index in [1.807, 2.05) is 0 Å². The summed E-state index contributed by atoms with van der Waals surface area (Å²) < 4.78 is 0. The maximum absolute atomic E-state index is 12.3. The summed E-state index contributed by atoms with van der Waals surface area (Å²) in [6.45, 7) is 0.446. The van der Waals surface area contributed by atoms with Crippen molar-refractivity contribution < 1.29 is 34.5 Å². The third-order valence-electron chi connectivity index (χ3n) is 3.64. The van der Waals surface area contributed by atoms with Crippen molar-refractivity contribution in [1.82, 2.24) is 16.0 Å². The van der Waals surface area contributed by atoms with E-state index >= 15 is 0 Å². The Kier molecular flexibility index (Phi) is 12.9. The van der Waals surface area contributed by atoms with Crippen LogP contribution in [0.3, 0.4) is 0 Å². The first-order valence-corrected chi connectivity index (χ1v) is 10.4. The number of thiol groups is 1. The third-order valence-corrected chi connectivity index (χ3v) is 4.67. The summed E-state index contributed by atoms with van der Waals surface area (Å²) in [7, 11) is 0. The summed E-state index contributed by atoms with van der Waals surface area (Å²) >= 11 is 5.25. The predicted molar refractivity (Wildman–Crippen MR) is 107 cm³/mol. The number of carboxylic acids is 1. The Morgan fingerprint density at radius 3 is 2.07 bits per heavy atom. The number of rotatable bonds is 13. The van der Waals surface area contributed by atoms with Gasteiger partial charge in [-0.1, -0.05) is 0 Å². The van der Waals surface area contributed by atoms with Crippen LogP contribution in [0.2, 0.25) is 0 Å². The predicted octanol–water partition coefficient (Wildman–Crippen LogP) is -3.09. The van der Waals surface area contributed by atoms with Crippen LogP contribution in [0.25, 0.3) is 0 Å². The molecule has 0 aliphatic heterocycles. The average molecular weight is 441 g/mol. The monoisotopic (exact) mass is 440 g/mol. The van der Waals surface area contributed by atoms with Crippen LogP contribution in [0, 0.1) is 0 Å². The second kappa shape index (κ2) is 13.6. The van der Waals surface area contributed by atoms with Crippen LogP contribution in [0.1, 0.15) is 13.3 Å². The molecule has 0 saturated heterocycles. The molecule has 0 saturated carbocycles. The summed E-state index contributed by atoms with van der Waals surface area (Å²) in [5.74, 6) is -3.35. The molecular weight excluding hydrogens is 412 g/mol. The molecule has 0 aliphatic carbocycles. The minimum Gasteiger partial charge on any atom is -0.480 e. The van der Waals surface area contributed by atoms with Gasteiger partial charge in [-0.15, -0.1) is 0 Å². The van der Waals surface area contributed by atoms with Crippen molar-refractivity contribution >= 4 is 48.1 Å². The largest absolute Gasteiger partial charge is 0.480 e. The molecule has 0 radical (unpaired) electrons. The van der Waals surface area contributed by atoms with Gasteiger partial charge >= 0.3 is 5.97 Å². The van der Waals surface area contributed by atoms with E-state index in [1.165, 1.54) is 18.7 Å². The first-order chi connectivity index (χ1) is 13.1. The van der Waals surface area contributed by atoms with E-state index in [2.05, 4.69) is 28.6 Å². The normalized spacial score (nSPS) is 16.2. The first kappa shape index (κ1) is 26.5. The fraction of sp³-hybridized carbons (Fsp3) is 0.733. The molecule has 28 heavy (non-hydrogen) atoms. The Bertz CT molecular complexity index is 550. The van der Waals surface area contributed by atoms with Crippen LogP contribution in [-0.2, 0) is 19.2 Å². The van der Waals surface area contributed by atoms with Crippen LogP contribution in [-0.4, -0.2) is 93.7 Å². The SMILES string of the molecule is CSCCC(NC(=O)C(NC(=O)C(CO)NC(=O)C(N)CS)C(C)O)C(=O)O. The quantitative estimate of drug-likeness (QED) is 0.137. The highest BCUT2D eigenvalue weighted by Crippen LogP contribution is 2.03. The van der Waals surface area contributed by atoms with Gasteiger partial charge in [0.05, 0.1) is 18.8 Å². The van der Waals surface area contributed by atoms with Crippen LogP contribution >= 0.6 is 24.4 Å². The topological polar surface area (TPSA) is 191 Å². The number of hydrogen-bond donors (Lipinski definition) is 8. The van der Waals surface area contributed by atoms with Gasteiger partial charge in [0.15, 0.2) is 0 Å². The number of carbonyl (C=O) groups is 4. The van der Waals surface area contributed by atoms with Crippen LogP contribution in [0.15, 0.2) is 0 Å². The lowest BCUT2D eigenvalue weighted by Crippen LogP contribution is -2.60. The molecule has 0 bridgehead atoms. The first-order valence-electron chi connectivity index (χ1n) is 8.37. The fourth-order valence-corrected chi connectivity index (χ4v) is 2.61. The lowest BCUT2D eigenvalue weighted by molar-refractivity contribution is -0.143. The van der Waals surface area contributed by atoms with E-state index < -0.39 is 60.6 Å². The zero-order chi connectivity index (χ0) is 21.9. The van der Waals surface area contributed by atoms with Crippen molar-refractivity contribution in [3.05, 3.63) is 0 Å². The zero-order valence-electron chi connectivity index (χ0n) is 15.6. The van der Waals surface area contributed by atoms with Gasteiger partial charge < -0.3 is 37.0 Å². The number of amides is 3. The highest BCUT2D eigenvalue weighted by molar-refractivity contribution is 7.98. The van der Waals surface area contributed by atoms with E-state index in [-0.39, 0.29) is 12.2 Å². The molecule has 0 aromatic heterocycles. The molecule has 0 rings (SSSR count). The lowest BCUT2D eigenvalue weighted by atomic mass is 10.1. The molecule has 5 atom stereocenters. The highest BCUT2D eigenvalue weighted by atomic mass is 32.2. The number of thioether (sulfide) groups is 1. The third kappa shape index (κ3) is 9.10. The smallest absolute Gasteiger partial charge is 0.326 e. The highest BCUT2D eigenvalue weighted by Gasteiger charge is 2.32. The molecule has 11 nitrogen and oxygen atoms in total. The van der Waals surface area contributed by atoms with E-state index in [0.717, 1.165) is 0 Å². The van der Waals surface area contributed by atoms with Gasteiger partial charge in [-0.3, -0.25) is 14.4 Å². The number of aliphatic hydroxyl groups excluding tert-OH is 2. The summed E-state index contributed by atoms with van der Waals surface area (Å²) in [5.41, 5.74) is 5.48. The fourth-order valence-electron chi connectivity index (χ4n) is 1.97. The van der Waals surface area contributed by atoms with Crippen molar-refractivity contribution in [3.63, 3.8) is 0 Å². The van der Waals surface area contributed by atoms with E-state index in [9.17, 15) is 34.5 Å². The Balaban J connectivity index is 5.10. The van der Waals surface area contributed by atoms with Gasteiger partial charge in [0.25, 0.3) is 0 Å². The molecule has 13 heteroatoms.